The summed E-state index contributed by atoms with van der Waals surface area (Å²) in [5.74, 6) is -0.260. The molecule has 0 bridgehead atoms. The number of carbonyl (C=O) groups is 1. The third-order valence-electron chi connectivity index (χ3n) is 5.67. The number of fused-ring (bicyclic) bond motifs is 1. The van der Waals surface area contributed by atoms with Crippen LogP contribution in [0, 0.1) is 0 Å². The van der Waals surface area contributed by atoms with Crippen molar-refractivity contribution in [2.24, 2.45) is 0 Å². The highest BCUT2D eigenvalue weighted by atomic mass is 16.5. The van der Waals surface area contributed by atoms with Gasteiger partial charge in [-0.05, 0) is 67.1 Å². The van der Waals surface area contributed by atoms with Crippen LogP contribution < -0.4 is 4.90 Å². The number of benzene rings is 3. The summed E-state index contributed by atoms with van der Waals surface area (Å²) >= 11 is 0. The Morgan fingerprint density at radius 3 is 2.45 bits per heavy atom. The van der Waals surface area contributed by atoms with E-state index in [2.05, 4.69) is 71.6 Å². The number of rotatable bonds is 6. The van der Waals surface area contributed by atoms with Crippen molar-refractivity contribution in [2.45, 2.75) is 32.2 Å². The fraction of sp³-hybridized carbons (Fsp3) is 0.269. The lowest BCUT2D eigenvalue weighted by atomic mass is 9.88. The zero-order valence-corrected chi connectivity index (χ0v) is 16.9. The Hall–Kier alpha value is -3.07. The molecule has 0 saturated heterocycles. The van der Waals surface area contributed by atoms with E-state index >= 15 is 0 Å². The van der Waals surface area contributed by atoms with Gasteiger partial charge in [-0.15, -0.1) is 0 Å². The van der Waals surface area contributed by atoms with Gasteiger partial charge in [0.1, 0.15) is 0 Å². The summed E-state index contributed by atoms with van der Waals surface area (Å²) in [4.78, 5) is 14.5. The van der Waals surface area contributed by atoms with Crippen molar-refractivity contribution in [1.82, 2.24) is 0 Å². The molecule has 148 valence electrons. The quantitative estimate of drug-likeness (QED) is 0.517. The van der Waals surface area contributed by atoms with Crippen LogP contribution in [0.15, 0.2) is 78.9 Å². The second-order valence-electron chi connectivity index (χ2n) is 7.45. The Morgan fingerprint density at radius 2 is 1.69 bits per heavy atom. The van der Waals surface area contributed by atoms with Crippen LogP contribution in [0.2, 0.25) is 0 Å². The highest BCUT2D eigenvalue weighted by molar-refractivity contribution is 5.89. The van der Waals surface area contributed by atoms with E-state index < -0.39 is 0 Å². The average molecular weight is 386 g/mol. The summed E-state index contributed by atoms with van der Waals surface area (Å²) in [5.41, 5.74) is 6.00. The molecule has 0 spiro atoms. The zero-order valence-electron chi connectivity index (χ0n) is 16.9. The number of nitrogens with zero attached hydrogens (tertiary/aromatic N) is 1. The van der Waals surface area contributed by atoms with E-state index in [-0.39, 0.29) is 5.97 Å². The van der Waals surface area contributed by atoms with Gasteiger partial charge < -0.3 is 9.64 Å². The molecule has 0 N–H and O–H groups in total. The maximum atomic E-state index is 12.0. The Kier molecular flexibility index (Phi) is 5.95. The standard InChI is InChI=1S/C26H27NO2/c1-2-29-26(28)22-13-15-23(16-14-22)27-19-18-21-10-6-7-11-24(21)25(27)17-12-20-8-4-3-5-9-20/h3-11,13-16,25H,2,12,17-19H2,1H3. The van der Waals surface area contributed by atoms with Crippen molar-refractivity contribution in [3.63, 3.8) is 0 Å². The van der Waals surface area contributed by atoms with Crippen LogP contribution in [-0.4, -0.2) is 19.1 Å². The summed E-state index contributed by atoms with van der Waals surface area (Å²) < 4.78 is 5.12. The monoisotopic (exact) mass is 385 g/mol. The highest BCUT2D eigenvalue weighted by Crippen LogP contribution is 2.36. The minimum atomic E-state index is -0.260. The average Bonchev–Trinajstić information content (AvgIpc) is 2.78. The predicted octanol–water partition coefficient (Wildman–Crippen LogP) is 5.60. The molecule has 0 aliphatic carbocycles. The first-order chi connectivity index (χ1) is 14.3. The zero-order chi connectivity index (χ0) is 20.1. The van der Waals surface area contributed by atoms with Crippen molar-refractivity contribution >= 4 is 11.7 Å². The number of hydrogen-bond acceptors (Lipinski definition) is 3. The molecule has 1 unspecified atom stereocenters. The van der Waals surface area contributed by atoms with Crippen LogP contribution in [0.1, 0.15) is 46.4 Å². The molecule has 0 saturated carbocycles. The Labute approximate surface area is 172 Å². The number of carbonyl (C=O) groups excluding carboxylic acids is 1. The second-order valence-corrected chi connectivity index (χ2v) is 7.45. The predicted molar refractivity (Wildman–Crippen MR) is 117 cm³/mol. The van der Waals surface area contributed by atoms with Gasteiger partial charge in [0.25, 0.3) is 0 Å². The molecular formula is C26H27NO2. The lowest BCUT2D eigenvalue weighted by molar-refractivity contribution is 0.0526. The summed E-state index contributed by atoms with van der Waals surface area (Å²) in [5, 5.41) is 0. The molecular weight excluding hydrogens is 358 g/mol. The highest BCUT2D eigenvalue weighted by Gasteiger charge is 2.27. The van der Waals surface area contributed by atoms with Gasteiger partial charge >= 0.3 is 5.97 Å². The fourth-order valence-electron chi connectivity index (χ4n) is 4.22. The largest absolute Gasteiger partial charge is 0.462 e. The molecule has 3 nitrogen and oxygen atoms in total. The van der Waals surface area contributed by atoms with Crippen molar-refractivity contribution in [3.8, 4) is 0 Å². The number of hydrogen-bond donors (Lipinski definition) is 0. The van der Waals surface area contributed by atoms with Crippen LogP contribution >= 0.6 is 0 Å². The molecule has 29 heavy (non-hydrogen) atoms. The van der Waals surface area contributed by atoms with Gasteiger partial charge in [0.05, 0.1) is 18.2 Å². The van der Waals surface area contributed by atoms with Gasteiger partial charge in [-0.25, -0.2) is 4.79 Å². The lowest BCUT2D eigenvalue weighted by Gasteiger charge is -2.39. The normalized spacial score (nSPS) is 15.6. The van der Waals surface area contributed by atoms with Crippen molar-refractivity contribution in [3.05, 3.63) is 101 Å². The Morgan fingerprint density at radius 1 is 0.966 bits per heavy atom. The van der Waals surface area contributed by atoms with Crippen molar-refractivity contribution in [2.75, 3.05) is 18.1 Å². The minimum Gasteiger partial charge on any atom is -0.462 e. The smallest absolute Gasteiger partial charge is 0.338 e. The SMILES string of the molecule is CCOC(=O)c1ccc(N2CCc3ccccc3C2CCc2ccccc2)cc1. The topological polar surface area (TPSA) is 29.5 Å². The van der Waals surface area contributed by atoms with E-state index in [1.165, 1.54) is 16.7 Å². The molecule has 1 aliphatic heterocycles. The van der Waals surface area contributed by atoms with Crippen LogP contribution in [0.4, 0.5) is 5.69 Å². The summed E-state index contributed by atoms with van der Waals surface area (Å²) in [6, 6.07) is 27.7. The summed E-state index contributed by atoms with van der Waals surface area (Å²) in [7, 11) is 0. The second kappa shape index (κ2) is 8.95. The van der Waals surface area contributed by atoms with Crippen LogP contribution in [0.5, 0.6) is 0 Å². The summed E-state index contributed by atoms with van der Waals surface area (Å²) in [6.07, 6.45) is 3.13. The van der Waals surface area contributed by atoms with Crippen LogP contribution in [0.3, 0.4) is 0 Å². The Bertz CT molecular complexity index is 950. The van der Waals surface area contributed by atoms with E-state index in [0.29, 0.717) is 18.2 Å². The molecule has 4 rings (SSSR count). The molecule has 1 aliphatic rings. The third-order valence-corrected chi connectivity index (χ3v) is 5.67. The van der Waals surface area contributed by atoms with Gasteiger partial charge in [0, 0.05) is 12.2 Å². The maximum absolute atomic E-state index is 12.0. The molecule has 1 atom stereocenters. The molecule has 0 aromatic heterocycles. The Balaban J connectivity index is 1.59. The molecule has 3 aromatic carbocycles. The minimum absolute atomic E-state index is 0.260. The third kappa shape index (κ3) is 4.34. The molecule has 0 amide bonds. The van der Waals surface area contributed by atoms with Gasteiger partial charge in [-0.2, -0.15) is 0 Å². The fourth-order valence-corrected chi connectivity index (χ4v) is 4.22. The van der Waals surface area contributed by atoms with E-state index in [1.807, 2.05) is 19.1 Å². The summed E-state index contributed by atoms with van der Waals surface area (Å²) in [6.45, 7) is 3.20. The van der Waals surface area contributed by atoms with E-state index in [9.17, 15) is 4.79 Å². The first kappa shape index (κ1) is 19.3. The van der Waals surface area contributed by atoms with Crippen molar-refractivity contribution in [1.29, 1.82) is 0 Å². The van der Waals surface area contributed by atoms with Gasteiger partial charge in [-0.1, -0.05) is 54.6 Å². The van der Waals surface area contributed by atoms with Crippen LogP contribution in [-0.2, 0) is 17.6 Å². The number of esters is 1. The number of aryl methyl sites for hydroxylation is 1. The van der Waals surface area contributed by atoms with Crippen molar-refractivity contribution < 1.29 is 9.53 Å². The van der Waals surface area contributed by atoms with E-state index in [4.69, 9.17) is 4.74 Å². The first-order valence-electron chi connectivity index (χ1n) is 10.4. The van der Waals surface area contributed by atoms with E-state index in [1.54, 1.807) is 0 Å². The molecule has 3 aromatic rings. The van der Waals surface area contributed by atoms with Gasteiger partial charge in [0.2, 0.25) is 0 Å². The molecule has 0 radical (unpaired) electrons. The van der Waals surface area contributed by atoms with Gasteiger partial charge in [0.15, 0.2) is 0 Å². The molecule has 1 heterocycles. The first-order valence-corrected chi connectivity index (χ1v) is 10.4. The number of ether oxygens (including phenoxy) is 1. The van der Waals surface area contributed by atoms with Gasteiger partial charge in [-0.3, -0.25) is 0 Å². The maximum Gasteiger partial charge on any atom is 0.338 e. The van der Waals surface area contributed by atoms with Crippen LogP contribution in [0.25, 0.3) is 0 Å². The lowest BCUT2D eigenvalue weighted by Crippen LogP contribution is -2.35. The number of anilines is 1. The molecule has 3 heteroatoms. The van der Waals surface area contributed by atoms with E-state index in [0.717, 1.165) is 31.5 Å². The molecule has 0 fully saturated rings.